The largest absolute Gasteiger partial charge is 0.458 e. The van der Waals surface area contributed by atoms with Gasteiger partial charge < -0.3 is 4.74 Å². The summed E-state index contributed by atoms with van der Waals surface area (Å²) in [6.07, 6.45) is 11.1. The quantitative estimate of drug-likeness (QED) is 0.183. The molecule has 0 saturated carbocycles. The second kappa shape index (κ2) is 12.0. The summed E-state index contributed by atoms with van der Waals surface area (Å²) < 4.78 is 5.26. The number of carbonyl (C=O) groups is 1. The van der Waals surface area contributed by atoms with Gasteiger partial charge in [0.05, 0.1) is 0 Å². The molecular weight excluding hydrogens is 344 g/mol. The fraction of sp³-hybridized carbons (Fsp3) is 0.522. The lowest BCUT2D eigenvalue weighted by Gasteiger charge is -2.20. The molecule has 0 aliphatic heterocycles. The van der Waals surface area contributed by atoms with Gasteiger partial charge in [-0.05, 0) is 50.2 Å². The van der Waals surface area contributed by atoms with Crippen LogP contribution < -0.4 is 0 Å². The molecule has 26 heavy (non-hydrogen) atoms. The van der Waals surface area contributed by atoms with Crippen molar-refractivity contribution in [2.24, 2.45) is 5.92 Å². The number of halogens is 1. The molecule has 1 aromatic carbocycles. The molecule has 0 radical (unpaired) electrons. The van der Waals surface area contributed by atoms with E-state index in [0.717, 1.165) is 36.8 Å². The first-order valence-corrected chi connectivity index (χ1v) is 9.94. The number of hydrogen-bond acceptors (Lipinski definition) is 2. The number of alkyl halides is 1. The zero-order valence-corrected chi connectivity index (χ0v) is 17.4. The summed E-state index contributed by atoms with van der Waals surface area (Å²) in [6, 6.07) is 9.70. The Bertz CT molecular complexity index is 587. The summed E-state index contributed by atoms with van der Waals surface area (Å²) >= 11 is 6.40. The van der Waals surface area contributed by atoms with Gasteiger partial charge in [0.2, 0.25) is 0 Å². The fourth-order valence-electron chi connectivity index (χ4n) is 2.60. The Kier molecular flexibility index (Phi) is 10.3. The van der Waals surface area contributed by atoms with Gasteiger partial charge in [0, 0.05) is 11.0 Å². The Labute approximate surface area is 164 Å². The average Bonchev–Trinajstić information content (AvgIpc) is 2.60. The van der Waals surface area contributed by atoms with E-state index < -0.39 is 0 Å². The lowest BCUT2D eigenvalue weighted by Crippen LogP contribution is -2.14. The van der Waals surface area contributed by atoms with Crippen LogP contribution in [0.3, 0.4) is 0 Å². The molecule has 0 aromatic heterocycles. The summed E-state index contributed by atoms with van der Waals surface area (Å²) in [6.45, 7) is 8.74. The minimum absolute atomic E-state index is 0.0605. The van der Waals surface area contributed by atoms with Crippen molar-refractivity contribution >= 4 is 17.6 Å². The van der Waals surface area contributed by atoms with Gasteiger partial charge in [0.25, 0.3) is 0 Å². The molecule has 0 aliphatic carbocycles. The Balaban J connectivity index is 2.28. The third-order valence-corrected chi connectivity index (χ3v) is 5.08. The molecule has 0 saturated heterocycles. The number of esters is 1. The number of carbonyl (C=O) groups excluding carboxylic acids is 1. The molecule has 144 valence electrons. The molecule has 0 bridgehead atoms. The standard InChI is InChI=1S/C23H33ClO2/c1-5-23(4,24)16-10-13-19(2)11-9-12-20(3)17-22(25)26-18-21-14-7-6-8-15-21/h6-9,12,14-15,17,19H,5,10-11,13,16,18H2,1-4H3/b12-9+,20-17+. The molecule has 0 amide bonds. The highest BCUT2D eigenvalue weighted by atomic mass is 35.5. The maximum atomic E-state index is 11.8. The first kappa shape index (κ1) is 22.5. The second-order valence-electron chi connectivity index (χ2n) is 7.38. The molecule has 0 spiro atoms. The number of hydrogen-bond donors (Lipinski definition) is 0. The Morgan fingerprint density at radius 2 is 2.00 bits per heavy atom. The van der Waals surface area contributed by atoms with Crippen LogP contribution in [-0.2, 0) is 16.1 Å². The summed E-state index contributed by atoms with van der Waals surface area (Å²) in [7, 11) is 0. The molecule has 0 fully saturated rings. The van der Waals surface area contributed by atoms with Crippen molar-refractivity contribution in [1.29, 1.82) is 0 Å². The summed E-state index contributed by atoms with van der Waals surface area (Å²) in [5.41, 5.74) is 1.90. The van der Waals surface area contributed by atoms with Crippen molar-refractivity contribution < 1.29 is 9.53 Å². The van der Waals surface area contributed by atoms with Crippen LogP contribution in [0, 0.1) is 5.92 Å². The molecule has 2 unspecified atom stereocenters. The Hall–Kier alpha value is -1.54. The van der Waals surface area contributed by atoms with Crippen molar-refractivity contribution in [2.75, 3.05) is 0 Å². The minimum Gasteiger partial charge on any atom is -0.458 e. The van der Waals surface area contributed by atoms with E-state index in [9.17, 15) is 4.79 Å². The Morgan fingerprint density at radius 1 is 1.31 bits per heavy atom. The lowest BCUT2D eigenvalue weighted by molar-refractivity contribution is -0.139. The number of allylic oxidation sites excluding steroid dienone is 3. The molecule has 0 N–H and O–H groups in total. The fourth-order valence-corrected chi connectivity index (χ4v) is 2.74. The molecule has 0 heterocycles. The van der Waals surface area contributed by atoms with E-state index in [2.05, 4.69) is 26.8 Å². The van der Waals surface area contributed by atoms with E-state index in [1.807, 2.05) is 43.3 Å². The third-order valence-electron chi connectivity index (χ3n) is 4.62. The number of rotatable bonds is 11. The monoisotopic (exact) mass is 376 g/mol. The first-order chi connectivity index (χ1) is 12.3. The molecule has 2 nitrogen and oxygen atoms in total. The number of ether oxygens (including phenoxy) is 1. The van der Waals surface area contributed by atoms with Crippen LogP contribution in [0.15, 0.2) is 54.1 Å². The van der Waals surface area contributed by atoms with E-state index in [1.165, 1.54) is 6.42 Å². The zero-order valence-electron chi connectivity index (χ0n) is 16.6. The van der Waals surface area contributed by atoms with Gasteiger partial charge in [-0.3, -0.25) is 0 Å². The summed E-state index contributed by atoms with van der Waals surface area (Å²) in [5.74, 6) is 0.318. The molecule has 2 atom stereocenters. The Morgan fingerprint density at radius 3 is 2.65 bits per heavy atom. The average molecular weight is 377 g/mol. The predicted octanol–water partition coefficient (Wildman–Crippen LogP) is 6.84. The first-order valence-electron chi connectivity index (χ1n) is 9.57. The molecular formula is C23H33ClO2. The van der Waals surface area contributed by atoms with Crippen molar-refractivity contribution in [3.05, 3.63) is 59.7 Å². The summed E-state index contributed by atoms with van der Waals surface area (Å²) in [5, 5.41) is 0. The zero-order chi connectivity index (χ0) is 19.4. The van der Waals surface area contributed by atoms with Crippen LogP contribution in [0.2, 0.25) is 0 Å². The van der Waals surface area contributed by atoms with E-state index in [1.54, 1.807) is 6.08 Å². The normalized spacial score (nSPS) is 15.7. The molecule has 1 aromatic rings. The van der Waals surface area contributed by atoms with E-state index >= 15 is 0 Å². The van der Waals surface area contributed by atoms with E-state index in [-0.39, 0.29) is 10.8 Å². The van der Waals surface area contributed by atoms with Gasteiger partial charge in [0.1, 0.15) is 6.61 Å². The van der Waals surface area contributed by atoms with Gasteiger partial charge in [-0.15, -0.1) is 11.6 Å². The van der Waals surface area contributed by atoms with Gasteiger partial charge in [-0.2, -0.15) is 0 Å². The van der Waals surface area contributed by atoms with Crippen LogP contribution in [-0.4, -0.2) is 10.8 Å². The minimum atomic E-state index is -0.301. The lowest BCUT2D eigenvalue weighted by atomic mass is 9.94. The van der Waals surface area contributed by atoms with Gasteiger partial charge >= 0.3 is 5.97 Å². The van der Waals surface area contributed by atoms with E-state index in [4.69, 9.17) is 16.3 Å². The highest BCUT2D eigenvalue weighted by Crippen LogP contribution is 2.27. The van der Waals surface area contributed by atoms with Crippen LogP contribution in [0.25, 0.3) is 0 Å². The number of benzene rings is 1. The van der Waals surface area contributed by atoms with Crippen LogP contribution >= 0.6 is 11.6 Å². The topological polar surface area (TPSA) is 26.3 Å². The van der Waals surface area contributed by atoms with Crippen molar-refractivity contribution in [2.45, 2.75) is 71.3 Å². The van der Waals surface area contributed by atoms with Crippen LogP contribution in [0.1, 0.15) is 65.4 Å². The highest BCUT2D eigenvalue weighted by molar-refractivity contribution is 6.23. The van der Waals surface area contributed by atoms with Crippen LogP contribution in [0.5, 0.6) is 0 Å². The third kappa shape index (κ3) is 10.5. The van der Waals surface area contributed by atoms with E-state index in [0.29, 0.717) is 12.5 Å². The van der Waals surface area contributed by atoms with Crippen molar-refractivity contribution in [1.82, 2.24) is 0 Å². The maximum absolute atomic E-state index is 11.8. The van der Waals surface area contributed by atoms with Gasteiger partial charge in [0.15, 0.2) is 0 Å². The smallest absolute Gasteiger partial charge is 0.331 e. The SMILES string of the molecule is CCC(C)(Cl)CCCC(C)C/C=C/C(C)=C/C(=O)OCc1ccccc1. The van der Waals surface area contributed by atoms with Crippen molar-refractivity contribution in [3.63, 3.8) is 0 Å². The summed E-state index contributed by atoms with van der Waals surface area (Å²) in [4.78, 5) is 11.8. The van der Waals surface area contributed by atoms with Gasteiger partial charge in [-0.1, -0.05) is 69.2 Å². The van der Waals surface area contributed by atoms with Gasteiger partial charge in [-0.25, -0.2) is 4.79 Å². The van der Waals surface area contributed by atoms with Crippen LogP contribution in [0.4, 0.5) is 0 Å². The molecule has 0 aliphatic rings. The van der Waals surface area contributed by atoms with Crippen molar-refractivity contribution in [3.8, 4) is 0 Å². The molecule has 1 rings (SSSR count). The maximum Gasteiger partial charge on any atom is 0.331 e. The highest BCUT2D eigenvalue weighted by Gasteiger charge is 2.17. The molecule has 3 heteroatoms. The second-order valence-corrected chi connectivity index (χ2v) is 8.30. The predicted molar refractivity (Wildman–Crippen MR) is 111 cm³/mol.